The number of rotatable bonds is 2. The second kappa shape index (κ2) is 4.83. The molecule has 0 unspecified atom stereocenters. The van der Waals surface area contributed by atoms with Crippen molar-refractivity contribution in [2.45, 2.75) is 12.1 Å². The lowest BCUT2D eigenvalue weighted by atomic mass is 10.1. The summed E-state index contributed by atoms with van der Waals surface area (Å²) in [5.41, 5.74) is 3.97. The fourth-order valence-corrected chi connectivity index (χ4v) is 2.54. The van der Waals surface area contributed by atoms with E-state index < -0.39 is 0 Å². The molecular weight excluding hydrogens is 280 g/mol. The number of aryl methyl sites for hydroxylation is 1. The van der Waals surface area contributed by atoms with Gasteiger partial charge in [0.1, 0.15) is 0 Å². The molecule has 96 valence electrons. The van der Waals surface area contributed by atoms with Gasteiger partial charge in [-0.15, -0.1) is 0 Å². The number of nitrogens with zero attached hydrogens (tertiary/aromatic N) is 4. The first-order valence-corrected chi connectivity index (χ1v) is 7.31. The Labute approximate surface area is 119 Å². The monoisotopic (exact) mass is 290 g/mol. The molecule has 0 aliphatic carbocycles. The van der Waals surface area contributed by atoms with E-state index in [1.54, 1.807) is 10.7 Å². The predicted octanol–water partition coefficient (Wildman–Crippen LogP) is 3.48. The third-order valence-corrected chi connectivity index (χ3v) is 3.61. The van der Waals surface area contributed by atoms with Crippen LogP contribution in [-0.2, 0) is 0 Å². The summed E-state index contributed by atoms with van der Waals surface area (Å²) in [6.45, 7) is 2.06. The Balaban J connectivity index is 2.27. The first-order chi connectivity index (χ1) is 9.19. The molecule has 2 heterocycles. The number of aromatic nitrogens is 4. The van der Waals surface area contributed by atoms with Crippen molar-refractivity contribution in [3.05, 3.63) is 41.3 Å². The molecule has 0 bridgehead atoms. The van der Waals surface area contributed by atoms with E-state index in [9.17, 15) is 0 Å². The second-order valence-corrected chi connectivity index (χ2v) is 5.25. The highest BCUT2D eigenvalue weighted by atomic mass is 35.5. The van der Waals surface area contributed by atoms with E-state index in [2.05, 4.69) is 34.1 Å². The molecule has 0 aliphatic rings. The molecule has 3 rings (SSSR count). The third kappa shape index (κ3) is 2.19. The van der Waals surface area contributed by atoms with E-state index in [-0.39, 0.29) is 0 Å². The SMILES string of the molecule is CSc1nc(Cl)n2ncc(-c3cccc(C)c3)c2n1. The zero-order valence-electron chi connectivity index (χ0n) is 10.5. The van der Waals surface area contributed by atoms with Gasteiger partial charge in [0, 0.05) is 5.56 Å². The van der Waals surface area contributed by atoms with E-state index in [4.69, 9.17) is 11.6 Å². The van der Waals surface area contributed by atoms with Gasteiger partial charge >= 0.3 is 0 Å². The van der Waals surface area contributed by atoms with Crippen LogP contribution in [0.2, 0.25) is 5.28 Å². The largest absolute Gasteiger partial charge is 0.228 e. The van der Waals surface area contributed by atoms with Crippen LogP contribution in [0.1, 0.15) is 5.56 Å². The number of fused-ring (bicyclic) bond motifs is 1. The quantitative estimate of drug-likeness (QED) is 0.678. The average molecular weight is 291 g/mol. The van der Waals surface area contributed by atoms with Gasteiger partial charge in [0.05, 0.1) is 6.20 Å². The van der Waals surface area contributed by atoms with Crippen LogP contribution in [-0.4, -0.2) is 25.8 Å². The Morgan fingerprint density at radius 3 is 2.84 bits per heavy atom. The van der Waals surface area contributed by atoms with Gasteiger partial charge in [-0.25, -0.2) is 4.98 Å². The van der Waals surface area contributed by atoms with Crippen molar-refractivity contribution in [2.75, 3.05) is 6.26 Å². The zero-order valence-corrected chi connectivity index (χ0v) is 12.0. The average Bonchev–Trinajstić information content (AvgIpc) is 2.83. The topological polar surface area (TPSA) is 43.1 Å². The first-order valence-electron chi connectivity index (χ1n) is 5.71. The molecule has 1 aromatic carbocycles. The highest BCUT2D eigenvalue weighted by Crippen LogP contribution is 2.26. The van der Waals surface area contributed by atoms with E-state index in [0.717, 1.165) is 16.8 Å². The number of hydrogen-bond acceptors (Lipinski definition) is 4. The Bertz CT molecular complexity index is 753. The summed E-state index contributed by atoms with van der Waals surface area (Å²) < 4.78 is 1.55. The van der Waals surface area contributed by atoms with Gasteiger partial charge in [-0.3, -0.25) is 0 Å². The summed E-state index contributed by atoms with van der Waals surface area (Å²) in [7, 11) is 0. The Morgan fingerprint density at radius 2 is 2.11 bits per heavy atom. The molecule has 0 spiro atoms. The van der Waals surface area contributed by atoms with Crippen molar-refractivity contribution in [1.82, 2.24) is 19.6 Å². The fraction of sp³-hybridized carbons (Fsp3) is 0.154. The molecule has 0 aliphatic heterocycles. The minimum Gasteiger partial charge on any atom is -0.202 e. The Morgan fingerprint density at radius 1 is 1.26 bits per heavy atom. The lowest BCUT2D eigenvalue weighted by Crippen LogP contribution is -1.98. The van der Waals surface area contributed by atoms with Crippen molar-refractivity contribution in [1.29, 1.82) is 0 Å². The predicted molar refractivity (Wildman–Crippen MR) is 77.7 cm³/mol. The van der Waals surface area contributed by atoms with Gasteiger partial charge in [-0.2, -0.15) is 14.6 Å². The van der Waals surface area contributed by atoms with Gasteiger partial charge < -0.3 is 0 Å². The molecule has 0 fully saturated rings. The molecule has 0 saturated heterocycles. The number of benzene rings is 1. The molecule has 0 atom stereocenters. The van der Waals surface area contributed by atoms with E-state index >= 15 is 0 Å². The van der Waals surface area contributed by atoms with Crippen molar-refractivity contribution in [3.8, 4) is 11.1 Å². The van der Waals surface area contributed by atoms with Crippen LogP contribution >= 0.6 is 23.4 Å². The first kappa shape index (κ1) is 12.4. The molecule has 0 amide bonds. The maximum Gasteiger partial charge on any atom is 0.228 e. The van der Waals surface area contributed by atoms with Crippen LogP contribution in [0.5, 0.6) is 0 Å². The van der Waals surface area contributed by atoms with E-state index in [1.165, 1.54) is 17.3 Å². The Kier molecular flexibility index (Phi) is 3.16. The maximum atomic E-state index is 6.11. The molecule has 0 saturated carbocycles. The van der Waals surface area contributed by atoms with Crippen LogP contribution in [0.15, 0.2) is 35.6 Å². The van der Waals surface area contributed by atoms with E-state index in [1.807, 2.05) is 18.4 Å². The van der Waals surface area contributed by atoms with Crippen LogP contribution in [0.25, 0.3) is 16.8 Å². The summed E-state index contributed by atoms with van der Waals surface area (Å²) in [6, 6.07) is 8.22. The van der Waals surface area contributed by atoms with E-state index in [0.29, 0.717) is 10.4 Å². The fourth-order valence-electron chi connectivity index (χ4n) is 1.93. The number of halogens is 1. The normalized spacial score (nSPS) is 11.1. The van der Waals surface area contributed by atoms with Crippen LogP contribution in [0, 0.1) is 6.92 Å². The highest BCUT2D eigenvalue weighted by Gasteiger charge is 2.12. The molecule has 19 heavy (non-hydrogen) atoms. The third-order valence-electron chi connectivity index (χ3n) is 2.82. The van der Waals surface area contributed by atoms with Crippen LogP contribution < -0.4 is 0 Å². The summed E-state index contributed by atoms with van der Waals surface area (Å²) in [6.07, 6.45) is 3.69. The van der Waals surface area contributed by atoms with Gasteiger partial charge in [0.15, 0.2) is 10.8 Å². The molecular formula is C13H11ClN4S. The highest BCUT2D eigenvalue weighted by molar-refractivity contribution is 7.98. The van der Waals surface area contributed by atoms with Crippen molar-refractivity contribution < 1.29 is 0 Å². The number of hydrogen-bond donors (Lipinski definition) is 0. The molecule has 0 radical (unpaired) electrons. The van der Waals surface area contributed by atoms with Crippen molar-refractivity contribution in [2.24, 2.45) is 0 Å². The zero-order chi connectivity index (χ0) is 13.4. The minimum atomic E-state index is 0.327. The lowest BCUT2D eigenvalue weighted by molar-refractivity contribution is 0.836. The summed E-state index contributed by atoms with van der Waals surface area (Å²) in [5.74, 6) is 0. The second-order valence-electron chi connectivity index (χ2n) is 4.14. The van der Waals surface area contributed by atoms with Gasteiger partial charge in [0.25, 0.3) is 0 Å². The van der Waals surface area contributed by atoms with Gasteiger partial charge in [0.2, 0.25) is 5.28 Å². The van der Waals surface area contributed by atoms with Crippen molar-refractivity contribution in [3.63, 3.8) is 0 Å². The molecule has 3 aromatic rings. The summed E-state index contributed by atoms with van der Waals surface area (Å²) >= 11 is 7.57. The lowest BCUT2D eigenvalue weighted by Gasteiger charge is -2.02. The summed E-state index contributed by atoms with van der Waals surface area (Å²) in [4.78, 5) is 8.65. The van der Waals surface area contributed by atoms with Crippen molar-refractivity contribution >= 4 is 29.0 Å². The minimum absolute atomic E-state index is 0.327. The standard InChI is InChI=1S/C13H11ClN4S/c1-8-4-3-5-9(6-8)10-7-15-18-11(10)16-13(19-2)17-12(18)14/h3-7H,1-2H3. The smallest absolute Gasteiger partial charge is 0.202 e. The molecule has 2 aromatic heterocycles. The maximum absolute atomic E-state index is 6.11. The number of thioether (sulfide) groups is 1. The molecule has 0 N–H and O–H groups in total. The Hall–Kier alpha value is -1.59. The molecule has 6 heteroatoms. The van der Waals surface area contributed by atoms with Gasteiger partial charge in [-0.1, -0.05) is 41.6 Å². The van der Waals surface area contributed by atoms with Gasteiger partial charge in [-0.05, 0) is 30.3 Å². The summed E-state index contributed by atoms with van der Waals surface area (Å²) in [5, 5.41) is 5.22. The molecule has 4 nitrogen and oxygen atoms in total. The van der Waals surface area contributed by atoms with Crippen LogP contribution in [0.4, 0.5) is 0 Å². The van der Waals surface area contributed by atoms with Crippen LogP contribution in [0.3, 0.4) is 0 Å².